The van der Waals surface area contributed by atoms with Crippen molar-refractivity contribution in [3.8, 4) is 11.5 Å². The molecule has 8 nitrogen and oxygen atoms in total. The van der Waals surface area contributed by atoms with Crippen molar-refractivity contribution in [1.29, 1.82) is 0 Å². The van der Waals surface area contributed by atoms with Gasteiger partial charge in [0.2, 0.25) is 5.91 Å². The SMILES string of the molecule is COc1ccc(CC(=O)N2CCC3(CC2)CNC(=O)COc2ccccc2C[C@H](O)[C@H](O)C3)cc1C. The first-order valence-electron chi connectivity index (χ1n) is 12.5. The zero-order chi connectivity index (χ0) is 25.7. The Morgan fingerprint density at radius 2 is 1.92 bits per heavy atom. The Bertz CT molecular complexity index is 1080. The Hall–Kier alpha value is -3.10. The number of hydrogen-bond donors (Lipinski definition) is 3. The molecule has 36 heavy (non-hydrogen) atoms. The van der Waals surface area contributed by atoms with Gasteiger partial charge in [-0.05, 0) is 60.4 Å². The second-order valence-corrected chi connectivity index (χ2v) is 10.1. The average Bonchev–Trinajstić information content (AvgIpc) is 2.87. The fourth-order valence-electron chi connectivity index (χ4n) is 5.26. The molecule has 2 amide bonds. The van der Waals surface area contributed by atoms with Crippen LogP contribution in [0.25, 0.3) is 0 Å². The van der Waals surface area contributed by atoms with Crippen molar-refractivity contribution in [3.05, 3.63) is 59.2 Å². The summed E-state index contributed by atoms with van der Waals surface area (Å²) in [5, 5.41) is 24.6. The van der Waals surface area contributed by atoms with Crippen LogP contribution in [0.2, 0.25) is 0 Å². The molecule has 1 fully saturated rings. The molecule has 3 N–H and O–H groups in total. The molecule has 0 radical (unpaired) electrons. The summed E-state index contributed by atoms with van der Waals surface area (Å²) in [5.41, 5.74) is 2.27. The molecule has 1 spiro atoms. The Labute approximate surface area is 212 Å². The van der Waals surface area contributed by atoms with Gasteiger partial charge in [-0.2, -0.15) is 0 Å². The maximum Gasteiger partial charge on any atom is 0.257 e. The van der Waals surface area contributed by atoms with Crippen molar-refractivity contribution in [3.63, 3.8) is 0 Å². The van der Waals surface area contributed by atoms with Crippen LogP contribution >= 0.6 is 0 Å². The number of amides is 2. The van der Waals surface area contributed by atoms with E-state index in [1.165, 1.54) is 0 Å². The van der Waals surface area contributed by atoms with Crippen LogP contribution in [0.1, 0.15) is 36.0 Å². The van der Waals surface area contributed by atoms with Gasteiger partial charge in [-0.15, -0.1) is 0 Å². The fraction of sp³-hybridized carbons (Fsp3) is 0.500. The van der Waals surface area contributed by atoms with Crippen LogP contribution in [0, 0.1) is 12.3 Å². The quantitative estimate of drug-likeness (QED) is 0.600. The molecule has 0 saturated carbocycles. The topological polar surface area (TPSA) is 108 Å². The number of aliphatic hydroxyl groups excluding tert-OH is 2. The highest BCUT2D eigenvalue weighted by Gasteiger charge is 2.39. The highest BCUT2D eigenvalue weighted by atomic mass is 16.5. The number of nitrogens with zero attached hydrogens (tertiary/aromatic N) is 1. The van der Waals surface area contributed by atoms with Gasteiger partial charge in [0.1, 0.15) is 11.5 Å². The van der Waals surface area contributed by atoms with E-state index in [0.29, 0.717) is 51.1 Å². The predicted molar refractivity (Wildman–Crippen MR) is 135 cm³/mol. The van der Waals surface area contributed by atoms with Gasteiger partial charge in [0, 0.05) is 26.1 Å². The van der Waals surface area contributed by atoms with Gasteiger partial charge in [0.05, 0.1) is 25.7 Å². The minimum atomic E-state index is -0.959. The largest absolute Gasteiger partial charge is 0.496 e. The zero-order valence-corrected chi connectivity index (χ0v) is 21.0. The normalized spacial score (nSPS) is 22.4. The lowest BCUT2D eigenvalue weighted by Crippen LogP contribution is -2.51. The smallest absolute Gasteiger partial charge is 0.257 e. The molecule has 0 aliphatic carbocycles. The number of carbonyl (C=O) groups is 2. The van der Waals surface area contributed by atoms with Gasteiger partial charge in [0.15, 0.2) is 6.61 Å². The Balaban J connectivity index is 1.42. The third-order valence-corrected chi connectivity index (χ3v) is 7.50. The van der Waals surface area contributed by atoms with Crippen molar-refractivity contribution in [2.75, 3.05) is 33.4 Å². The van der Waals surface area contributed by atoms with Gasteiger partial charge in [-0.1, -0.05) is 30.3 Å². The number of methoxy groups -OCH3 is 1. The number of rotatable bonds is 3. The van der Waals surface area contributed by atoms with Crippen LogP contribution in [0.15, 0.2) is 42.5 Å². The lowest BCUT2D eigenvalue weighted by atomic mass is 9.73. The number of likely N-dealkylation sites (tertiary alicyclic amines) is 1. The minimum Gasteiger partial charge on any atom is -0.496 e. The number of nitrogens with one attached hydrogen (secondary N) is 1. The first-order valence-corrected chi connectivity index (χ1v) is 12.5. The maximum absolute atomic E-state index is 13.0. The van der Waals surface area contributed by atoms with E-state index in [4.69, 9.17) is 9.47 Å². The van der Waals surface area contributed by atoms with Gasteiger partial charge in [0.25, 0.3) is 5.91 Å². The summed E-state index contributed by atoms with van der Waals surface area (Å²) in [7, 11) is 1.63. The first-order chi connectivity index (χ1) is 17.3. The van der Waals surface area contributed by atoms with Crippen molar-refractivity contribution in [2.24, 2.45) is 5.41 Å². The molecule has 2 heterocycles. The molecule has 2 atom stereocenters. The van der Waals surface area contributed by atoms with Crippen molar-refractivity contribution in [1.82, 2.24) is 10.2 Å². The lowest BCUT2D eigenvalue weighted by molar-refractivity contribution is -0.134. The van der Waals surface area contributed by atoms with E-state index in [0.717, 1.165) is 22.4 Å². The molecule has 1 saturated heterocycles. The zero-order valence-electron chi connectivity index (χ0n) is 21.0. The summed E-state index contributed by atoms with van der Waals surface area (Å²) >= 11 is 0. The van der Waals surface area contributed by atoms with Crippen LogP contribution in [-0.4, -0.2) is 72.5 Å². The monoisotopic (exact) mass is 496 g/mol. The summed E-state index contributed by atoms with van der Waals surface area (Å²) in [6.07, 6.45) is 0.229. The van der Waals surface area contributed by atoms with E-state index >= 15 is 0 Å². The van der Waals surface area contributed by atoms with E-state index < -0.39 is 17.6 Å². The van der Waals surface area contributed by atoms with E-state index in [9.17, 15) is 19.8 Å². The van der Waals surface area contributed by atoms with Crippen molar-refractivity contribution >= 4 is 11.8 Å². The number of ether oxygens (including phenoxy) is 2. The Morgan fingerprint density at radius 3 is 2.64 bits per heavy atom. The Kier molecular flexibility index (Phi) is 8.16. The predicted octanol–water partition coefficient (Wildman–Crippen LogP) is 2.02. The number of carbonyl (C=O) groups excluding carboxylic acids is 2. The van der Waals surface area contributed by atoms with E-state index in [1.807, 2.05) is 48.2 Å². The third-order valence-electron chi connectivity index (χ3n) is 7.50. The second-order valence-electron chi connectivity index (χ2n) is 10.1. The minimum absolute atomic E-state index is 0.0530. The van der Waals surface area contributed by atoms with E-state index in [1.54, 1.807) is 13.2 Å². The highest BCUT2D eigenvalue weighted by Crippen LogP contribution is 2.37. The molecule has 8 heteroatoms. The molecule has 4 rings (SSSR count). The summed E-state index contributed by atoms with van der Waals surface area (Å²) in [5.74, 6) is 1.16. The molecule has 2 aliphatic heterocycles. The number of hydrogen-bond acceptors (Lipinski definition) is 6. The van der Waals surface area contributed by atoms with Crippen LogP contribution in [0.5, 0.6) is 11.5 Å². The molecule has 2 aromatic carbocycles. The van der Waals surface area contributed by atoms with Crippen LogP contribution < -0.4 is 14.8 Å². The molecule has 0 unspecified atom stereocenters. The third kappa shape index (κ3) is 6.17. The molecule has 2 aromatic rings. The first kappa shape index (κ1) is 26.0. The number of fused-ring (bicyclic) bond motifs is 1. The lowest BCUT2D eigenvalue weighted by Gasteiger charge is -2.43. The summed E-state index contributed by atoms with van der Waals surface area (Å²) < 4.78 is 11.0. The Morgan fingerprint density at radius 1 is 1.17 bits per heavy atom. The summed E-state index contributed by atoms with van der Waals surface area (Å²) in [4.78, 5) is 27.4. The maximum atomic E-state index is 13.0. The van der Waals surface area contributed by atoms with Crippen LogP contribution in [0.4, 0.5) is 0 Å². The summed E-state index contributed by atoms with van der Waals surface area (Å²) in [6.45, 7) is 3.27. The molecule has 2 aliphatic rings. The number of piperidine rings is 1. The number of para-hydroxylation sites is 1. The highest BCUT2D eigenvalue weighted by molar-refractivity contribution is 5.79. The second kappa shape index (κ2) is 11.3. The molecule has 0 aromatic heterocycles. The number of aryl methyl sites for hydroxylation is 1. The van der Waals surface area contributed by atoms with Crippen molar-refractivity contribution in [2.45, 2.75) is 51.2 Å². The molecular formula is C28H36N2O6. The van der Waals surface area contributed by atoms with E-state index in [2.05, 4.69) is 5.32 Å². The van der Waals surface area contributed by atoms with Gasteiger partial charge in [-0.3, -0.25) is 9.59 Å². The average molecular weight is 497 g/mol. The fourth-order valence-corrected chi connectivity index (χ4v) is 5.26. The van der Waals surface area contributed by atoms with Crippen molar-refractivity contribution < 1.29 is 29.3 Å². The molecule has 0 bridgehead atoms. The molecular weight excluding hydrogens is 460 g/mol. The van der Waals surface area contributed by atoms with Gasteiger partial charge < -0.3 is 29.9 Å². The standard InChI is InChI=1S/C28H36N2O6/c1-19-13-20(7-8-24(19)35-2)14-27(34)30-11-9-28(10-12-30)16-23(32)22(31)15-21-5-3-4-6-25(21)36-17-26(33)29-18-28/h3-8,13,22-23,31-32H,9-12,14-18H2,1-2H3,(H,29,33)/t22-,23+/m0/s1. The number of aliphatic hydroxyl groups is 2. The molecule has 194 valence electrons. The summed E-state index contributed by atoms with van der Waals surface area (Å²) in [6, 6.07) is 13.0. The van der Waals surface area contributed by atoms with Crippen LogP contribution in [-0.2, 0) is 22.4 Å². The number of benzene rings is 2. The van der Waals surface area contributed by atoms with Crippen LogP contribution in [0.3, 0.4) is 0 Å². The van der Waals surface area contributed by atoms with Gasteiger partial charge in [-0.25, -0.2) is 0 Å². The van der Waals surface area contributed by atoms with Gasteiger partial charge >= 0.3 is 0 Å². The van der Waals surface area contributed by atoms with E-state index in [-0.39, 0.29) is 24.8 Å².